The van der Waals surface area contributed by atoms with Gasteiger partial charge in [-0.25, -0.2) is 0 Å². The lowest BCUT2D eigenvalue weighted by molar-refractivity contribution is -0.136. The van der Waals surface area contributed by atoms with Gasteiger partial charge in [-0.2, -0.15) is 0 Å². The Labute approximate surface area is 103 Å². The van der Waals surface area contributed by atoms with Gasteiger partial charge in [-0.3, -0.25) is 4.79 Å². The molecule has 2 aliphatic rings. The minimum absolute atomic E-state index is 0.122. The van der Waals surface area contributed by atoms with E-state index in [0.717, 1.165) is 25.9 Å². The molecule has 2 N–H and O–H groups in total. The number of ether oxygens (including phenoxy) is 1. The molecule has 4 heteroatoms. The van der Waals surface area contributed by atoms with Gasteiger partial charge in [0.05, 0.1) is 6.10 Å². The summed E-state index contributed by atoms with van der Waals surface area (Å²) in [6, 6.07) is 0.346. The minimum Gasteiger partial charge on any atom is -0.369 e. The maximum absolute atomic E-state index is 11.9. The monoisotopic (exact) mass is 240 g/mol. The van der Waals surface area contributed by atoms with Crippen molar-refractivity contribution in [2.45, 2.75) is 45.3 Å². The van der Waals surface area contributed by atoms with Gasteiger partial charge in [0.15, 0.2) is 0 Å². The second-order valence-corrected chi connectivity index (χ2v) is 5.75. The zero-order valence-corrected chi connectivity index (χ0v) is 10.9. The molecule has 1 unspecified atom stereocenters. The first-order valence-corrected chi connectivity index (χ1v) is 6.71. The van der Waals surface area contributed by atoms with Crippen molar-refractivity contribution in [1.29, 1.82) is 0 Å². The summed E-state index contributed by atoms with van der Waals surface area (Å²) in [6.07, 6.45) is 3.50. The molecule has 0 spiro atoms. The quantitative estimate of drug-likeness (QED) is 0.800. The second kappa shape index (κ2) is 5.36. The van der Waals surface area contributed by atoms with Gasteiger partial charge in [0.25, 0.3) is 0 Å². The van der Waals surface area contributed by atoms with Crippen molar-refractivity contribution in [2.24, 2.45) is 17.6 Å². The molecule has 1 aliphatic carbocycles. The standard InChI is InChI=1S/C13H24N2O2/c1-9(2)17-8-13(16)15-6-10-3-4-12(14)5-11(10)7-15/h9-12H,3-8,14H2,1-2H3/t10-,11+,12?/m1/s1. The molecule has 1 heterocycles. The summed E-state index contributed by atoms with van der Waals surface area (Å²) in [5.74, 6) is 1.45. The molecular weight excluding hydrogens is 216 g/mol. The highest BCUT2D eigenvalue weighted by Gasteiger charge is 2.38. The van der Waals surface area contributed by atoms with Crippen LogP contribution in [0.2, 0.25) is 0 Å². The normalized spacial score (nSPS) is 32.9. The Morgan fingerprint density at radius 1 is 1.35 bits per heavy atom. The van der Waals surface area contributed by atoms with Crippen LogP contribution in [0.15, 0.2) is 0 Å². The molecule has 1 aliphatic heterocycles. The summed E-state index contributed by atoms with van der Waals surface area (Å²) in [6.45, 7) is 5.94. The number of rotatable bonds is 3. The number of amides is 1. The van der Waals surface area contributed by atoms with Gasteiger partial charge in [0.2, 0.25) is 5.91 Å². The number of nitrogens with two attached hydrogens (primary N) is 1. The predicted octanol–water partition coefficient (Wildman–Crippen LogP) is 0.997. The van der Waals surface area contributed by atoms with Crippen molar-refractivity contribution in [3.05, 3.63) is 0 Å². The maximum atomic E-state index is 11.9. The molecule has 0 aromatic rings. The molecule has 0 aromatic heterocycles. The number of hydrogen-bond donors (Lipinski definition) is 1. The molecule has 2 fully saturated rings. The number of carbonyl (C=O) groups is 1. The molecule has 2 rings (SSSR count). The van der Waals surface area contributed by atoms with Crippen molar-refractivity contribution in [3.8, 4) is 0 Å². The average Bonchev–Trinajstić information content (AvgIpc) is 2.68. The number of likely N-dealkylation sites (tertiary alicyclic amines) is 1. The fourth-order valence-electron chi connectivity index (χ4n) is 3.00. The lowest BCUT2D eigenvalue weighted by Gasteiger charge is -2.27. The molecule has 4 nitrogen and oxygen atoms in total. The van der Waals surface area contributed by atoms with Gasteiger partial charge < -0.3 is 15.4 Å². The number of hydrogen-bond acceptors (Lipinski definition) is 3. The zero-order valence-electron chi connectivity index (χ0n) is 10.9. The lowest BCUT2D eigenvalue weighted by Crippen LogP contribution is -2.33. The van der Waals surface area contributed by atoms with Crippen LogP contribution in [0.1, 0.15) is 33.1 Å². The van der Waals surface area contributed by atoms with Crippen LogP contribution in [0.3, 0.4) is 0 Å². The fraction of sp³-hybridized carbons (Fsp3) is 0.923. The molecule has 0 bridgehead atoms. The van der Waals surface area contributed by atoms with E-state index < -0.39 is 0 Å². The van der Waals surface area contributed by atoms with Crippen molar-refractivity contribution < 1.29 is 9.53 Å². The predicted molar refractivity (Wildman–Crippen MR) is 66.5 cm³/mol. The highest BCUT2D eigenvalue weighted by atomic mass is 16.5. The van der Waals surface area contributed by atoms with Crippen LogP contribution < -0.4 is 5.73 Å². The summed E-state index contributed by atoms with van der Waals surface area (Å²) < 4.78 is 5.37. The first-order valence-electron chi connectivity index (χ1n) is 6.71. The third-order valence-electron chi connectivity index (χ3n) is 3.98. The SMILES string of the molecule is CC(C)OCC(=O)N1C[C@H]2CCC(N)C[C@H]2C1. The van der Waals surface area contributed by atoms with Crippen molar-refractivity contribution in [3.63, 3.8) is 0 Å². The first-order chi connectivity index (χ1) is 8.06. The van der Waals surface area contributed by atoms with Crippen molar-refractivity contribution in [1.82, 2.24) is 4.90 Å². The molecule has 0 radical (unpaired) electrons. The van der Waals surface area contributed by atoms with Crippen molar-refractivity contribution >= 4 is 5.91 Å². The summed E-state index contributed by atoms with van der Waals surface area (Å²) in [4.78, 5) is 13.9. The van der Waals surface area contributed by atoms with Crippen LogP contribution in [0.5, 0.6) is 0 Å². The lowest BCUT2D eigenvalue weighted by atomic mass is 9.79. The van der Waals surface area contributed by atoms with E-state index in [1.165, 1.54) is 6.42 Å². The van der Waals surface area contributed by atoms with Crippen LogP contribution in [0.25, 0.3) is 0 Å². The van der Waals surface area contributed by atoms with Crippen LogP contribution in [0, 0.1) is 11.8 Å². The molecule has 1 saturated heterocycles. The number of nitrogens with zero attached hydrogens (tertiary/aromatic N) is 1. The molecular formula is C13H24N2O2. The minimum atomic E-state index is 0.122. The van der Waals surface area contributed by atoms with Gasteiger partial charge >= 0.3 is 0 Å². The zero-order chi connectivity index (χ0) is 12.4. The van der Waals surface area contributed by atoms with Crippen molar-refractivity contribution in [2.75, 3.05) is 19.7 Å². The molecule has 1 amide bonds. The molecule has 0 aromatic carbocycles. The van der Waals surface area contributed by atoms with Crippen LogP contribution in [-0.2, 0) is 9.53 Å². The summed E-state index contributed by atoms with van der Waals surface area (Å²) in [7, 11) is 0. The Kier molecular flexibility index (Phi) is 4.05. The van der Waals surface area contributed by atoms with E-state index in [2.05, 4.69) is 0 Å². The van der Waals surface area contributed by atoms with Gasteiger partial charge in [0.1, 0.15) is 6.61 Å². The van der Waals surface area contributed by atoms with E-state index >= 15 is 0 Å². The average molecular weight is 240 g/mol. The van der Waals surface area contributed by atoms with E-state index in [9.17, 15) is 4.79 Å². The fourth-order valence-corrected chi connectivity index (χ4v) is 3.00. The van der Waals surface area contributed by atoms with Crippen LogP contribution >= 0.6 is 0 Å². The topological polar surface area (TPSA) is 55.6 Å². The number of carbonyl (C=O) groups excluding carboxylic acids is 1. The third kappa shape index (κ3) is 3.19. The number of fused-ring (bicyclic) bond motifs is 1. The maximum Gasteiger partial charge on any atom is 0.248 e. The van der Waals surface area contributed by atoms with Gasteiger partial charge in [0, 0.05) is 19.1 Å². The summed E-state index contributed by atoms with van der Waals surface area (Å²) in [5, 5.41) is 0. The van der Waals surface area contributed by atoms with E-state index in [1.807, 2.05) is 18.7 Å². The van der Waals surface area contributed by atoms with E-state index in [1.54, 1.807) is 0 Å². The third-order valence-corrected chi connectivity index (χ3v) is 3.98. The molecule has 98 valence electrons. The van der Waals surface area contributed by atoms with Crippen LogP contribution in [-0.4, -0.2) is 42.6 Å². The van der Waals surface area contributed by atoms with E-state index in [0.29, 0.717) is 17.9 Å². The Bertz CT molecular complexity index is 281. The summed E-state index contributed by atoms with van der Waals surface area (Å²) in [5.41, 5.74) is 5.98. The Hall–Kier alpha value is -0.610. The first kappa shape index (κ1) is 12.8. The van der Waals surface area contributed by atoms with Crippen LogP contribution in [0.4, 0.5) is 0 Å². The van der Waals surface area contributed by atoms with Gasteiger partial charge in [-0.05, 0) is 44.9 Å². The smallest absolute Gasteiger partial charge is 0.248 e. The largest absolute Gasteiger partial charge is 0.369 e. The highest BCUT2D eigenvalue weighted by molar-refractivity contribution is 5.77. The Morgan fingerprint density at radius 3 is 2.76 bits per heavy atom. The summed E-state index contributed by atoms with van der Waals surface area (Å²) >= 11 is 0. The van der Waals surface area contributed by atoms with E-state index in [-0.39, 0.29) is 18.6 Å². The van der Waals surface area contributed by atoms with E-state index in [4.69, 9.17) is 10.5 Å². The second-order valence-electron chi connectivity index (χ2n) is 5.75. The molecule has 17 heavy (non-hydrogen) atoms. The molecule has 1 saturated carbocycles. The molecule has 3 atom stereocenters. The Morgan fingerprint density at radius 2 is 2.06 bits per heavy atom. The highest BCUT2D eigenvalue weighted by Crippen LogP contribution is 2.35. The van der Waals surface area contributed by atoms with Gasteiger partial charge in [-0.1, -0.05) is 0 Å². The Balaban J connectivity index is 1.82. The van der Waals surface area contributed by atoms with Gasteiger partial charge in [-0.15, -0.1) is 0 Å².